The highest BCUT2D eigenvalue weighted by Gasteiger charge is 2.25. The van der Waals surface area contributed by atoms with Crippen LogP contribution in [-0.2, 0) is 11.2 Å². The third kappa shape index (κ3) is 2.80. The molecule has 7 heteroatoms. The molecule has 3 aromatic heterocycles. The summed E-state index contributed by atoms with van der Waals surface area (Å²) in [6.07, 6.45) is 8.98. The van der Waals surface area contributed by atoms with Crippen molar-refractivity contribution in [3.63, 3.8) is 0 Å². The summed E-state index contributed by atoms with van der Waals surface area (Å²) in [7, 11) is 0. The van der Waals surface area contributed by atoms with Crippen molar-refractivity contribution in [2.24, 2.45) is 0 Å². The van der Waals surface area contributed by atoms with Gasteiger partial charge in [-0.25, -0.2) is 19.2 Å². The van der Waals surface area contributed by atoms with Crippen molar-refractivity contribution >= 4 is 5.65 Å². The monoisotopic (exact) mass is 326 g/mol. The van der Waals surface area contributed by atoms with Gasteiger partial charge >= 0.3 is 0 Å². The highest BCUT2D eigenvalue weighted by molar-refractivity contribution is 5.56. The lowest BCUT2D eigenvalue weighted by atomic mass is 10.2. The Morgan fingerprint density at radius 3 is 3.12 bits per heavy atom. The van der Waals surface area contributed by atoms with Crippen LogP contribution in [0.2, 0.25) is 0 Å². The maximum Gasteiger partial charge on any atom is 0.179 e. The van der Waals surface area contributed by atoms with Crippen LogP contribution in [0.1, 0.15) is 44.5 Å². The van der Waals surface area contributed by atoms with E-state index >= 15 is 0 Å². The number of rotatable bonds is 6. The summed E-state index contributed by atoms with van der Waals surface area (Å²) in [6.45, 7) is 3.67. The Bertz CT molecular complexity index is 817. The molecule has 4 heterocycles. The minimum absolute atomic E-state index is 0.238. The normalized spacial score (nSPS) is 17.8. The summed E-state index contributed by atoms with van der Waals surface area (Å²) in [5.41, 5.74) is 1.70. The van der Waals surface area contributed by atoms with E-state index in [0.29, 0.717) is 6.61 Å². The number of ether oxygens (including phenoxy) is 1. The Kier molecular flexibility index (Phi) is 4.25. The molecular weight excluding hydrogens is 304 g/mol. The summed E-state index contributed by atoms with van der Waals surface area (Å²) >= 11 is 0. The highest BCUT2D eigenvalue weighted by Crippen LogP contribution is 2.26. The Morgan fingerprint density at radius 1 is 1.33 bits per heavy atom. The van der Waals surface area contributed by atoms with E-state index in [1.165, 1.54) is 12.8 Å². The summed E-state index contributed by atoms with van der Waals surface area (Å²) in [4.78, 5) is 9.25. The number of fused-ring (bicyclic) bond motifs is 1. The molecule has 1 saturated heterocycles. The van der Waals surface area contributed by atoms with Gasteiger partial charge in [0.25, 0.3) is 0 Å². The number of aromatic nitrogens is 6. The van der Waals surface area contributed by atoms with Crippen LogP contribution in [0.4, 0.5) is 0 Å². The van der Waals surface area contributed by atoms with Gasteiger partial charge in [0.15, 0.2) is 17.3 Å². The van der Waals surface area contributed by atoms with E-state index in [4.69, 9.17) is 14.8 Å². The fourth-order valence-corrected chi connectivity index (χ4v) is 3.13. The lowest BCUT2D eigenvalue weighted by Crippen LogP contribution is -2.13. The Balaban J connectivity index is 1.74. The average molecular weight is 326 g/mol. The van der Waals surface area contributed by atoms with Crippen LogP contribution in [0.15, 0.2) is 24.5 Å². The first-order valence-corrected chi connectivity index (χ1v) is 8.69. The Labute approximate surface area is 140 Å². The predicted molar refractivity (Wildman–Crippen MR) is 89.7 cm³/mol. The third-order valence-corrected chi connectivity index (χ3v) is 4.44. The van der Waals surface area contributed by atoms with Crippen LogP contribution < -0.4 is 0 Å². The number of nitrogens with zero attached hydrogens (tertiary/aromatic N) is 6. The first kappa shape index (κ1) is 15.3. The SMILES string of the molecule is CCCCCc1nc(-c2cnc3cccnn23)n(C2CCOC2)n1. The summed E-state index contributed by atoms with van der Waals surface area (Å²) in [6, 6.07) is 4.07. The molecule has 4 rings (SSSR count). The van der Waals surface area contributed by atoms with Crippen LogP contribution in [0.3, 0.4) is 0 Å². The first-order valence-electron chi connectivity index (χ1n) is 8.69. The predicted octanol–water partition coefficient (Wildman–Crippen LogP) is 2.68. The molecular formula is C17H22N6O. The minimum Gasteiger partial charge on any atom is -0.379 e. The molecule has 7 nitrogen and oxygen atoms in total. The molecule has 3 aromatic rings. The van der Waals surface area contributed by atoms with E-state index < -0.39 is 0 Å². The second-order valence-corrected chi connectivity index (χ2v) is 6.21. The zero-order chi connectivity index (χ0) is 16.4. The molecule has 0 amide bonds. The topological polar surface area (TPSA) is 70.1 Å². The molecule has 0 spiro atoms. The van der Waals surface area contributed by atoms with Gasteiger partial charge in [0.05, 0.1) is 18.8 Å². The number of hydrogen-bond acceptors (Lipinski definition) is 5. The van der Waals surface area contributed by atoms with E-state index in [-0.39, 0.29) is 6.04 Å². The summed E-state index contributed by atoms with van der Waals surface area (Å²) in [5.74, 6) is 1.74. The fraction of sp³-hybridized carbons (Fsp3) is 0.529. The summed E-state index contributed by atoms with van der Waals surface area (Å²) in [5, 5.41) is 9.20. The molecule has 126 valence electrons. The maximum absolute atomic E-state index is 5.55. The smallest absolute Gasteiger partial charge is 0.179 e. The van der Waals surface area contributed by atoms with Crippen molar-refractivity contribution in [2.45, 2.75) is 45.1 Å². The van der Waals surface area contributed by atoms with Crippen molar-refractivity contribution < 1.29 is 4.74 Å². The third-order valence-electron chi connectivity index (χ3n) is 4.44. The van der Waals surface area contributed by atoms with E-state index in [9.17, 15) is 0 Å². The highest BCUT2D eigenvalue weighted by atomic mass is 16.5. The lowest BCUT2D eigenvalue weighted by Gasteiger charge is -2.10. The molecule has 1 fully saturated rings. The van der Waals surface area contributed by atoms with Gasteiger partial charge in [-0.1, -0.05) is 19.8 Å². The van der Waals surface area contributed by atoms with Gasteiger partial charge in [0, 0.05) is 19.2 Å². The molecule has 0 saturated carbocycles. The van der Waals surface area contributed by atoms with Gasteiger partial charge in [-0.15, -0.1) is 0 Å². The zero-order valence-corrected chi connectivity index (χ0v) is 13.9. The van der Waals surface area contributed by atoms with Crippen LogP contribution in [0, 0.1) is 0 Å². The lowest BCUT2D eigenvalue weighted by molar-refractivity contribution is 0.184. The quantitative estimate of drug-likeness (QED) is 0.651. The van der Waals surface area contributed by atoms with Gasteiger partial charge in [0.2, 0.25) is 0 Å². The minimum atomic E-state index is 0.238. The van der Waals surface area contributed by atoms with Crippen molar-refractivity contribution in [1.82, 2.24) is 29.4 Å². The van der Waals surface area contributed by atoms with Crippen LogP contribution in [-0.4, -0.2) is 42.6 Å². The number of unbranched alkanes of at least 4 members (excludes halogenated alkanes) is 2. The molecule has 1 aliphatic rings. The van der Waals surface area contributed by atoms with Crippen molar-refractivity contribution in [3.8, 4) is 11.5 Å². The first-order chi connectivity index (χ1) is 11.9. The average Bonchev–Trinajstić information content (AvgIpc) is 3.33. The van der Waals surface area contributed by atoms with E-state index in [0.717, 1.165) is 48.9 Å². The van der Waals surface area contributed by atoms with E-state index in [2.05, 4.69) is 17.0 Å². The molecule has 1 atom stereocenters. The van der Waals surface area contributed by atoms with Gasteiger partial charge in [-0.2, -0.15) is 10.2 Å². The molecule has 0 aromatic carbocycles. The summed E-state index contributed by atoms with van der Waals surface area (Å²) < 4.78 is 9.40. The molecule has 0 N–H and O–H groups in total. The number of hydrogen-bond donors (Lipinski definition) is 0. The van der Waals surface area contributed by atoms with Gasteiger partial charge in [-0.05, 0) is 25.0 Å². The number of imidazole rings is 1. The Hall–Kier alpha value is -2.28. The van der Waals surface area contributed by atoms with E-state index in [1.807, 2.05) is 27.5 Å². The van der Waals surface area contributed by atoms with E-state index in [1.54, 1.807) is 6.20 Å². The van der Waals surface area contributed by atoms with Crippen LogP contribution >= 0.6 is 0 Å². The molecule has 0 bridgehead atoms. The second kappa shape index (κ2) is 6.68. The largest absolute Gasteiger partial charge is 0.379 e. The van der Waals surface area contributed by atoms with Crippen LogP contribution in [0.5, 0.6) is 0 Å². The van der Waals surface area contributed by atoms with Gasteiger partial charge in [0.1, 0.15) is 5.69 Å². The standard InChI is InChI=1S/C17H22N6O/c1-2-3-4-6-15-20-17(22(21-15)13-8-10-24-12-13)14-11-18-16-7-5-9-19-23(14)16/h5,7,9,11,13H,2-4,6,8,10,12H2,1H3. The van der Waals surface area contributed by atoms with Crippen molar-refractivity contribution in [1.29, 1.82) is 0 Å². The molecule has 0 radical (unpaired) electrons. The molecule has 1 aliphatic heterocycles. The van der Waals surface area contributed by atoms with Crippen LogP contribution in [0.25, 0.3) is 17.2 Å². The molecule has 1 unspecified atom stereocenters. The molecule has 0 aliphatic carbocycles. The second-order valence-electron chi connectivity index (χ2n) is 6.21. The Morgan fingerprint density at radius 2 is 2.29 bits per heavy atom. The fourth-order valence-electron chi connectivity index (χ4n) is 3.13. The van der Waals surface area contributed by atoms with Gasteiger partial charge in [-0.3, -0.25) is 0 Å². The van der Waals surface area contributed by atoms with Gasteiger partial charge < -0.3 is 4.74 Å². The van der Waals surface area contributed by atoms with Crippen molar-refractivity contribution in [3.05, 3.63) is 30.4 Å². The zero-order valence-electron chi connectivity index (χ0n) is 13.9. The number of aryl methyl sites for hydroxylation is 1. The van der Waals surface area contributed by atoms with Crippen molar-refractivity contribution in [2.75, 3.05) is 13.2 Å². The molecule has 24 heavy (non-hydrogen) atoms. The maximum atomic E-state index is 5.55.